The maximum absolute atomic E-state index is 13.0. The fourth-order valence-corrected chi connectivity index (χ4v) is 2.41. The molecule has 1 heterocycles. The summed E-state index contributed by atoms with van der Waals surface area (Å²) in [5.74, 6) is -0.730. The van der Waals surface area contributed by atoms with E-state index in [4.69, 9.17) is 0 Å². The van der Waals surface area contributed by atoms with Crippen LogP contribution in [0.3, 0.4) is 0 Å². The van der Waals surface area contributed by atoms with Gasteiger partial charge in [0.25, 0.3) is 5.91 Å². The molecule has 0 bridgehead atoms. The minimum absolute atomic E-state index is 0.0356. The van der Waals surface area contributed by atoms with Gasteiger partial charge in [0.05, 0.1) is 5.69 Å². The van der Waals surface area contributed by atoms with Crippen molar-refractivity contribution in [3.63, 3.8) is 0 Å². The van der Waals surface area contributed by atoms with Crippen LogP contribution in [-0.4, -0.2) is 21.5 Å². The number of hydrogen-bond acceptors (Lipinski definition) is 3. The molecule has 6 heteroatoms. The van der Waals surface area contributed by atoms with Gasteiger partial charge in [-0.3, -0.25) is 9.59 Å². The van der Waals surface area contributed by atoms with E-state index in [9.17, 15) is 14.0 Å². The molecule has 2 aromatic carbocycles. The molecule has 0 aliphatic carbocycles. The molecule has 0 saturated heterocycles. The number of amides is 1. The van der Waals surface area contributed by atoms with Crippen LogP contribution >= 0.6 is 0 Å². The second-order valence-corrected chi connectivity index (χ2v) is 5.65. The van der Waals surface area contributed by atoms with Gasteiger partial charge in [0.1, 0.15) is 5.82 Å². The third-order valence-electron chi connectivity index (χ3n) is 3.74. The summed E-state index contributed by atoms with van der Waals surface area (Å²) in [5, 5.41) is 7.02. The third kappa shape index (κ3) is 3.63. The Labute approximate surface area is 144 Å². The highest BCUT2D eigenvalue weighted by Gasteiger charge is 2.14. The number of carbonyl (C=O) groups excluding carboxylic acids is 2. The van der Waals surface area contributed by atoms with E-state index in [1.54, 1.807) is 47.1 Å². The Kier molecular flexibility index (Phi) is 4.43. The van der Waals surface area contributed by atoms with Crippen LogP contribution in [0, 0.1) is 12.7 Å². The summed E-state index contributed by atoms with van der Waals surface area (Å²) >= 11 is 0. The summed E-state index contributed by atoms with van der Waals surface area (Å²) in [4.78, 5) is 23.6. The number of Topliss-reactive ketones (excluding diaryl/α,β-unsaturated/α-hetero) is 1. The third-order valence-corrected chi connectivity index (χ3v) is 3.74. The van der Waals surface area contributed by atoms with Gasteiger partial charge in [0.15, 0.2) is 11.5 Å². The second-order valence-electron chi connectivity index (χ2n) is 5.65. The number of rotatable bonds is 4. The lowest BCUT2D eigenvalue weighted by Crippen LogP contribution is -2.13. The Bertz CT molecular complexity index is 928. The van der Waals surface area contributed by atoms with E-state index in [-0.39, 0.29) is 23.2 Å². The van der Waals surface area contributed by atoms with Gasteiger partial charge in [-0.25, -0.2) is 9.07 Å². The molecule has 0 unspecified atom stereocenters. The maximum Gasteiger partial charge on any atom is 0.276 e. The van der Waals surface area contributed by atoms with Crippen LogP contribution in [0.1, 0.15) is 33.5 Å². The lowest BCUT2D eigenvalue weighted by molar-refractivity contribution is 0.101. The zero-order chi connectivity index (χ0) is 18.0. The number of halogens is 1. The van der Waals surface area contributed by atoms with Crippen molar-refractivity contribution in [2.24, 2.45) is 0 Å². The Balaban J connectivity index is 1.80. The van der Waals surface area contributed by atoms with Crippen LogP contribution in [0.15, 0.2) is 54.6 Å². The van der Waals surface area contributed by atoms with Crippen LogP contribution < -0.4 is 5.32 Å². The summed E-state index contributed by atoms with van der Waals surface area (Å²) in [6, 6.07) is 14.2. The highest BCUT2D eigenvalue weighted by atomic mass is 19.1. The first-order valence-corrected chi connectivity index (χ1v) is 7.69. The number of anilines is 1. The monoisotopic (exact) mass is 337 g/mol. The smallest absolute Gasteiger partial charge is 0.276 e. The summed E-state index contributed by atoms with van der Waals surface area (Å²) < 4.78 is 14.6. The zero-order valence-corrected chi connectivity index (χ0v) is 13.8. The van der Waals surface area contributed by atoms with E-state index in [1.165, 1.54) is 19.1 Å². The molecule has 0 saturated carbocycles. The van der Waals surface area contributed by atoms with E-state index >= 15 is 0 Å². The molecular weight excluding hydrogens is 321 g/mol. The molecule has 0 radical (unpaired) electrons. The van der Waals surface area contributed by atoms with Gasteiger partial charge in [-0.2, -0.15) is 5.10 Å². The van der Waals surface area contributed by atoms with Gasteiger partial charge >= 0.3 is 0 Å². The van der Waals surface area contributed by atoms with Gasteiger partial charge in [-0.05, 0) is 68.4 Å². The van der Waals surface area contributed by atoms with Crippen molar-refractivity contribution in [1.82, 2.24) is 9.78 Å². The van der Waals surface area contributed by atoms with Crippen molar-refractivity contribution in [1.29, 1.82) is 0 Å². The molecule has 3 aromatic rings. The number of aromatic nitrogens is 2. The first-order valence-electron chi connectivity index (χ1n) is 7.69. The Morgan fingerprint density at radius 3 is 2.28 bits per heavy atom. The molecule has 0 atom stereocenters. The number of aryl methyl sites for hydroxylation is 1. The zero-order valence-electron chi connectivity index (χ0n) is 13.8. The first-order chi connectivity index (χ1) is 11.9. The average molecular weight is 337 g/mol. The van der Waals surface area contributed by atoms with Crippen molar-refractivity contribution in [2.75, 3.05) is 5.32 Å². The minimum Gasteiger partial charge on any atom is -0.321 e. The normalized spacial score (nSPS) is 10.5. The first kappa shape index (κ1) is 16.6. The standard InChI is InChI=1S/C19H16FN3O2/c1-12-11-18(22-23(12)17-9-5-15(20)6-10-17)19(25)21-16-7-3-14(4-8-16)13(2)24/h3-11H,1-2H3,(H,21,25). The SMILES string of the molecule is CC(=O)c1ccc(NC(=O)c2cc(C)n(-c3ccc(F)cc3)n2)cc1. The van der Waals surface area contributed by atoms with Crippen LogP contribution in [0.2, 0.25) is 0 Å². The molecule has 1 aromatic heterocycles. The van der Waals surface area contributed by atoms with Crippen LogP contribution in [0.5, 0.6) is 0 Å². The van der Waals surface area contributed by atoms with E-state index < -0.39 is 0 Å². The number of nitrogens with zero attached hydrogens (tertiary/aromatic N) is 2. The quantitative estimate of drug-likeness (QED) is 0.737. The average Bonchev–Trinajstić information content (AvgIpc) is 2.98. The van der Waals surface area contributed by atoms with Gasteiger partial charge in [-0.15, -0.1) is 0 Å². The molecule has 1 amide bonds. The molecule has 1 N–H and O–H groups in total. The Hall–Kier alpha value is -3.28. The van der Waals surface area contributed by atoms with Crippen molar-refractivity contribution >= 4 is 17.4 Å². The van der Waals surface area contributed by atoms with Crippen LogP contribution in [0.4, 0.5) is 10.1 Å². The van der Waals surface area contributed by atoms with E-state index in [2.05, 4.69) is 10.4 Å². The topological polar surface area (TPSA) is 64.0 Å². The largest absolute Gasteiger partial charge is 0.321 e. The molecule has 126 valence electrons. The lowest BCUT2D eigenvalue weighted by atomic mass is 10.1. The van der Waals surface area contributed by atoms with E-state index in [1.807, 2.05) is 6.92 Å². The van der Waals surface area contributed by atoms with Crippen LogP contribution in [0.25, 0.3) is 5.69 Å². The van der Waals surface area contributed by atoms with Crippen molar-refractivity contribution in [3.05, 3.63) is 77.4 Å². The second kappa shape index (κ2) is 6.68. The summed E-state index contributed by atoms with van der Waals surface area (Å²) in [5.41, 5.74) is 2.82. The lowest BCUT2D eigenvalue weighted by Gasteiger charge is -2.05. The maximum atomic E-state index is 13.0. The molecular formula is C19H16FN3O2. The van der Waals surface area contributed by atoms with E-state index in [0.717, 1.165) is 5.69 Å². The fraction of sp³-hybridized carbons (Fsp3) is 0.105. The van der Waals surface area contributed by atoms with Gasteiger partial charge < -0.3 is 5.32 Å². The van der Waals surface area contributed by atoms with Gasteiger partial charge in [0, 0.05) is 16.9 Å². The molecule has 3 rings (SSSR count). The van der Waals surface area contributed by atoms with Gasteiger partial charge in [-0.1, -0.05) is 0 Å². The predicted octanol–water partition coefficient (Wildman–Crippen LogP) is 3.77. The summed E-state index contributed by atoms with van der Waals surface area (Å²) in [7, 11) is 0. The molecule has 25 heavy (non-hydrogen) atoms. The molecule has 0 aliphatic rings. The Morgan fingerprint density at radius 1 is 1.04 bits per heavy atom. The number of ketones is 1. The van der Waals surface area contributed by atoms with Gasteiger partial charge in [0.2, 0.25) is 0 Å². The van der Waals surface area contributed by atoms with Crippen molar-refractivity contribution in [2.45, 2.75) is 13.8 Å². The van der Waals surface area contributed by atoms with Crippen molar-refractivity contribution in [3.8, 4) is 5.69 Å². The molecule has 0 spiro atoms. The molecule has 0 aliphatic heterocycles. The summed E-state index contributed by atoms with van der Waals surface area (Å²) in [6.07, 6.45) is 0. The highest BCUT2D eigenvalue weighted by Crippen LogP contribution is 2.15. The molecule has 0 fully saturated rings. The molecule has 5 nitrogen and oxygen atoms in total. The highest BCUT2D eigenvalue weighted by molar-refractivity contribution is 6.03. The number of benzene rings is 2. The van der Waals surface area contributed by atoms with Crippen molar-refractivity contribution < 1.29 is 14.0 Å². The van der Waals surface area contributed by atoms with E-state index in [0.29, 0.717) is 16.9 Å². The fourth-order valence-electron chi connectivity index (χ4n) is 2.41. The number of hydrogen-bond donors (Lipinski definition) is 1. The summed E-state index contributed by atoms with van der Waals surface area (Å²) in [6.45, 7) is 3.30. The minimum atomic E-state index is -0.362. The Morgan fingerprint density at radius 2 is 1.68 bits per heavy atom. The number of carbonyl (C=O) groups is 2. The predicted molar refractivity (Wildman–Crippen MR) is 92.7 cm³/mol. The van der Waals surface area contributed by atoms with Crippen LogP contribution in [-0.2, 0) is 0 Å². The number of nitrogens with one attached hydrogen (secondary N) is 1.